The van der Waals surface area contributed by atoms with E-state index in [0.717, 1.165) is 28.8 Å². The number of carbonyl (C=O) groups excluding carboxylic acids is 1. The van der Waals surface area contributed by atoms with Gasteiger partial charge in [0.15, 0.2) is 0 Å². The number of nitrogens with one attached hydrogen (secondary N) is 1. The number of aromatic nitrogens is 1. The van der Waals surface area contributed by atoms with E-state index in [2.05, 4.69) is 26.2 Å². The van der Waals surface area contributed by atoms with Crippen molar-refractivity contribution in [3.63, 3.8) is 0 Å². The van der Waals surface area contributed by atoms with E-state index < -0.39 is 0 Å². The molecule has 0 aliphatic rings. The molecule has 0 fully saturated rings. The first-order chi connectivity index (χ1) is 10.1. The van der Waals surface area contributed by atoms with Gasteiger partial charge in [-0.1, -0.05) is 22.0 Å². The highest BCUT2D eigenvalue weighted by Gasteiger charge is 2.13. The molecule has 0 bridgehead atoms. The molecule has 0 aliphatic heterocycles. The van der Waals surface area contributed by atoms with E-state index in [1.165, 1.54) is 0 Å². The summed E-state index contributed by atoms with van der Waals surface area (Å²) in [5.74, 6) is -0.0113. The summed E-state index contributed by atoms with van der Waals surface area (Å²) in [6.07, 6.45) is 2.60. The Morgan fingerprint density at radius 3 is 2.76 bits per heavy atom. The van der Waals surface area contributed by atoms with E-state index in [1.54, 1.807) is 25.2 Å². The van der Waals surface area contributed by atoms with Crippen LogP contribution < -0.4 is 5.32 Å². The number of benzene rings is 1. The molecule has 110 valence electrons. The van der Waals surface area contributed by atoms with Gasteiger partial charge in [-0.05, 0) is 30.3 Å². The normalized spacial score (nSPS) is 10.2. The molecule has 5 heteroatoms. The SMILES string of the molecule is CN(C)C(=O)c1ccc(Br)cc1NCCc1ccccn1. The average molecular weight is 348 g/mol. The Kier molecular flexibility index (Phi) is 5.33. The standard InChI is InChI=1S/C16H18BrN3O/c1-20(2)16(21)14-7-6-12(17)11-15(14)19-10-8-13-5-3-4-9-18-13/h3-7,9,11,19H,8,10H2,1-2H3. The number of nitrogens with zero attached hydrogens (tertiary/aromatic N) is 2. The molecule has 0 saturated carbocycles. The number of carbonyl (C=O) groups is 1. The lowest BCUT2D eigenvalue weighted by Crippen LogP contribution is -2.23. The van der Waals surface area contributed by atoms with Gasteiger partial charge in [0.05, 0.1) is 5.56 Å². The fraction of sp³-hybridized carbons (Fsp3) is 0.250. The molecule has 0 aliphatic carbocycles. The van der Waals surface area contributed by atoms with Gasteiger partial charge in [0.1, 0.15) is 0 Å². The van der Waals surface area contributed by atoms with Gasteiger partial charge in [-0.2, -0.15) is 0 Å². The quantitative estimate of drug-likeness (QED) is 0.903. The minimum Gasteiger partial charge on any atom is -0.384 e. The Hall–Kier alpha value is -1.88. The van der Waals surface area contributed by atoms with E-state index in [9.17, 15) is 4.79 Å². The van der Waals surface area contributed by atoms with Crippen LogP contribution in [0.3, 0.4) is 0 Å². The second kappa shape index (κ2) is 7.22. The maximum absolute atomic E-state index is 12.2. The molecule has 0 atom stereocenters. The van der Waals surface area contributed by atoms with Crippen LogP contribution in [0.1, 0.15) is 16.1 Å². The number of pyridine rings is 1. The van der Waals surface area contributed by atoms with Gasteiger partial charge in [-0.25, -0.2) is 0 Å². The zero-order valence-electron chi connectivity index (χ0n) is 12.1. The Balaban J connectivity index is 2.08. The van der Waals surface area contributed by atoms with Crippen molar-refractivity contribution in [2.24, 2.45) is 0 Å². The van der Waals surface area contributed by atoms with Crippen LogP contribution in [0.25, 0.3) is 0 Å². The Morgan fingerprint density at radius 2 is 2.10 bits per heavy atom. The highest BCUT2D eigenvalue weighted by Crippen LogP contribution is 2.22. The van der Waals surface area contributed by atoms with Crippen LogP contribution >= 0.6 is 15.9 Å². The Morgan fingerprint density at radius 1 is 1.29 bits per heavy atom. The van der Waals surface area contributed by atoms with Crippen LogP contribution in [0.5, 0.6) is 0 Å². The number of anilines is 1. The number of hydrogen-bond acceptors (Lipinski definition) is 3. The minimum atomic E-state index is -0.0113. The molecule has 2 rings (SSSR count). The summed E-state index contributed by atoms with van der Waals surface area (Å²) in [4.78, 5) is 18.0. The van der Waals surface area contributed by atoms with Crippen LogP contribution in [0.2, 0.25) is 0 Å². The third kappa shape index (κ3) is 4.29. The van der Waals surface area contributed by atoms with Gasteiger partial charge in [-0.3, -0.25) is 9.78 Å². The van der Waals surface area contributed by atoms with Crippen LogP contribution in [0.15, 0.2) is 47.1 Å². The monoisotopic (exact) mass is 347 g/mol. The van der Waals surface area contributed by atoms with Gasteiger partial charge in [0, 0.05) is 49.1 Å². The molecule has 0 radical (unpaired) electrons. The summed E-state index contributed by atoms with van der Waals surface area (Å²) in [6.45, 7) is 0.723. The maximum Gasteiger partial charge on any atom is 0.255 e. The van der Waals surface area contributed by atoms with Crippen molar-refractivity contribution in [2.45, 2.75) is 6.42 Å². The van der Waals surface area contributed by atoms with Gasteiger partial charge < -0.3 is 10.2 Å². The first-order valence-corrected chi connectivity index (χ1v) is 7.52. The first-order valence-electron chi connectivity index (χ1n) is 6.73. The minimum absolute atomic E-state index is 0.0113. The lowest BCUT2D eigenvalue weighted by Gasteiger charge is -2.15. The summed E-state index contributed by atoms with van der Waals surface area (Å²) in [5, 5.41) is 3.32. The molecule has 0 spiro atoms. The molecule has 1 aromatic carbocycles. The highest BCUT2D eigenvalue weighted by atomic mass is 79.9. The number of halogens is 1. The molecule has 1 heterocycles. The van der Waals surface area contributed by atoms with Crippen molar-refractivity contribution in [2.75, 3.05) is 26.0 Å². The Labute approximate surface area is 133 Å². The summed E-state index contributed by atoms with van der Waals surface area (Å²) < 4.78 is 0.943. The van der Waals surface area contributed by atoms with E-state index in [-0.39, 0.29) is 5.91 Å². The largest absolute Gasteiger partial charge is 0.384 e. The lowest BCUT2D eigenvalue weighted by atomic mass is 10.1. The van der Waals surface area contributed by atoms with E-state index >= 15 is 0 Å². The van der Waals surface area contributed by atoms with Crippen LogP contribution in [-0.2, 0) is 6.42 Å². The molecule has 1 N–H and O–H groups in total. The number of hydrogen-bond donors (Lipinski definition) is 1. The van der Waals surface area contributed by atoms with Gasteiger partial charge in [0.25, 0.3) is 5.91 Å². The molecule has 4 nitrogen and oxygen atoms in total. The van der Waals surface area contributed by atoms with Crippen molar-refractivity contribution in [1.29, 1.82) is 0 Å². The molecular formula is C16H18BrN3O. The van der Waals surface area contributed by atoms with Crippen molar-refractivity contribution in [3.8, 4) is 0 Å². The lowest BCUT2D eigenvalue weighted by molar-refractivity contribution is 0.0828. The maximum atomic E-state index is 12.2. The zero-order chi connectivity index (χ0) is 15.2. The summed E-state index contributed by atoms with van der Waals surface area (Å²) in [7, 11) is 3.50. The summed E-state index contributed by atoms with van der Waals surface area (Å²) in [6, 6.07) is 11.5. The average Bonchev–Trinajstić information content (AvgIpc) is 2.48. The van der Waals surface area contributed by atoms with Crippen molar-refractivity contribution in [3.05, 3.63) is 58.3 Å². The van der Waals surface area contributed by atoms with Gasteiger partial charge in [0.2, 0.25) is 0 Å². The molecular weight excluding hydrogens is 330 g/mol. The van der Waals surface area contributed by atoms with Gasteiger partial charge in [-0.15, -0.1) is 0 Å². The van der Waals surface area contributed by atoms with Crippen LogP contribution in [0, 0.1) is 0 Å². The molecule has 0 saturated heterocycles. The first kappa shape index (κ1) is 15.5. The fourth-order valence-electron chi connectivity index (χ4n) is 1.96. The van der Waals surface area contributed by atoms with Gasteiger partial charge >= 0.3 is 0 Å². The number of rotatable bonds is 5. The molecule has 0 unspecified atom stereocenters. The highest BCUT2D eigenvalue weighted by molar-refractivity contribution is 9.10. The number of amides is 1. The Bertz CT molecular complexity index is 614. The molecule has 1 aromatic heterocycles. The molecule has 1 amide bonds. The zero-order valence-corrected chi connectivity index (χ0v) is 13.7. The summed E-state index contributed by atoms with van der Waals surface area (Å²) in [5.41, 5.74) is 2.53. The predicted octanol–water partition coefficient (Wildman–Crippen LogP) is 3.20. The van der Waals surface area contributed by atoms with E-state index in [1.807, 2.05) is 36.4 Å². The van der Waals surface area contributed by atoms with E-state index in [4.69, 9.17) is 0 Å². The summed E-state index contributed by atoms with van der Waals surface area (Å²) >= 11 is 3.44. The predicted molar refractivity (Wildman–Crippen MR) is 88.6 cm³/mol. The fourth-order valence-corrected chi connectivity index (χ4v) is 2.32. The molecule has 21 heavy (non-hydrogen) atoms. The van der Waals surface area contributed by atoms with Crippen molar-refractivity contribution >= 4 is 27.5 Å². The second-order valence-electron chi connectivity index (χ2n) is 4.89. The topological polar surface area (TPSA) is 45.2 Å². The second-order valence-corrected chi connectivity index (χ2v) is 5.80. The van der Waals surface area contributed by atoms with Crippen molar-refractivity contribution < 1.29 is 4.79 Å². The third-order valence-electron chi connectivity index (χ3n) is 3.04. The van der Waals surface area contributed by atoms with Crippen LogP contribution in [0.4, 0.5) is 5.69 Å². The smallest absolute Gasteiger partial charge is 0.255 e. The molecule has 2 aromatic rings. The van der Waals surface area contributed by atoms with E-state index in [0.29, 0.717) is 5.56 Å². The van der Waals surface area contributed by atoms with Crippen LogP contribution in [-0.4, -0.2) is 36.4 Å². The van der Waals surface area contributed by atoms with Crippen molar-refractivity contribution in [1.82, 2.24) is 9.88 Å². The third-order valence-corrected chi connectivity index (χ3v) is 3.53.